The Hall–Kier alpha value is -12.0. The normalized spacial score (nSPS) is 21.8. The number of nitrogens with one attached hydrogen (secondary N) is 18. The highest BCUT2D eigenvalue weighted by atomic mass is 16.4. The number of aromatic nitrogens is 1. The van der Waals surface area contributed by atoms with Gasteiger partial charge in [-0.25, -0.2) is 32.6 Å². The number of hydrogen-bond acceptors (Lipinski definition) is 34. The van der Waals surface area contributed by atoms with Crippen molar-refractivity contribution in [3.8, 4) is 5.75 Å². The van der Waals surface area contributed by atoms with Crippen molar-refractivity contribution < 1.29 is 111 Å². The number of carboxylic acid groups (broad SMARTS) is 1. The van der Waals surface area contributed by atoms with Crippen LogP contribution in [0.4, 0.5) is 0 Å². The maximum Gasteiger partial charge on any atom is 0.303 e. The van der Waals surface area contributed by atoms with Crippen LogP contribution in [0.15, 0.2) is 97.2 Å². The van der Waals surface area contributed by atoms with Crippen molar-refractivity contribution in [2.75, 3.05) is 39.3 Å². The Labute approximate surface area is 865 Å². The van der Waals surface area contributed by atoms with Gasteiger partial charge in [0.1, 0.15) is 35.5 Å². The van der Waals surface area contributed by atoms with Gasteiger partial charge in [0.25, 0.3) is 0 Å². The van der Waals surface area contributed by atoms with Crippen LogP contribution in [0.3, 0.4) is 0 Å². The molecule has 0 unspecified atom stereocenters. The minimum Gasteiger partial charge on any atom is -0.508 e. The Morgan fingerprint density at radius 2 is 1.07 bits per heavy atom. The molecule has 18 atom stereocenters. The number of carboxylic acids is 1. The number of nitrogens with two attached hydrogens (primary N) is 2. The van der Waals surface area contributed by atoms with Crippen molar-refractivity contribution in [3.05, 3.63) is 114 Å². The van der Waals surface area contributed by atoms with Crippen molar-refractivity contribution in [3.63, 3.8) is 0 Å². The first-order chi connectivity index (χ1) is 69.8. The molecular formula is C105H160N20O23. The summed E-state index contributed by atoms with van der Waals surface area (Å²) in [5.41, 5.74) is 26.9. The predicted molar refractivity (Wildman–Crippen MR) is 555 cm³/mol. The molecule has 0 aliphatic carbocycles. The number of phenolic OH excluding ortho intramolecular Hbond substituents is 1. The molecule has 4 aromatic rings. The first-order valence-corrected chi connectivity index (χ1v) is 51.2. The van der Waals surface area contributed by atoms with Crippen molar-refractivity contribution in [2.24, 2.45) is 23.3 Å². The number of H-pyrrole nitrogens is 1. The largest absolute Gasteiger partial charge is 0.508 e. The quantitative estimate of drug-likeness (QED) is 0.0127. The number of aliphatic hydroxyl groups excluding tert-OH is 1. The number of rotatable bonds is 52. The van der Waals surface area contributed by atoms with E-state index in [9.17, 15) is 92.0 Å². The second kappa shape index (κ2) is 64.4. The van der Waals surface area contributed by atoms with Gasteiger partial charge in [0.05, 0.1) is 104 Å². The second-order valence-corrected chi connectivity index (χ2v) is 39.9. The molecule has 43 heteroatoms. The van der Waals surface area contributed by atoms with Crippen LogP contribution in [0.25, 0.3) is 10.9 Å². The standard InChI is InChI=1S/C105H160N20O23/c1-60(2)50-82(116-70(13)127)101(146)118-94(69(12)126)98(143)97(142)81(52-71-30-24-23-25-31-71)124-125-105(15)46-29-22-20-18-16-17-19-21-28-45-104(14,91(136)59-113-64(7)86(131)44-48-109-62(5)84(129)42-47-108-63(6)85(130)43-49-110-66(9)89(134)57-112-68(11)100(145)115-67(10)99(107)144)119-102(147)83(51-61(3)4)123-120-77(38-40-92(106)137)90(135)58-111-65(8)87(132)55-88(133)79(54-73-56-114-76-33-27-26-32-75(73)76)121-122-80(53-72-34-36-74(128)37-35-72)96(141)95(140)78(117-103(105)148)39-41-93(138)139/h17,19,23-27,30-37,56,60-69,77-83,94,108-114,120-126,128H,16,18,20-22,28-29,38-55,57-59H2,1-15H3,(H2,106,137)(H2,107,144)(H,115,145)(H,116,127)(H,117,148)(H,118,146)(H,119,147)(H,138,139)/b19-17+/t62-,63-,64-,65-,66-,67+,68+,69+,77-,78-,79-,80-,81-,82-,83-,94-,104-,105+/m0/s1. The molecule has 5 rings (SSSR count). The Kier molecular flexibility index (Phi) is 55.1. The molecule has 1 aromatic heterocycles. The number of hydrogen-bond donors (Lipinski definition) is 23. The maximum atomic E-state index is 15.6. The van der Waals surface area contributed by atoms with E-state index in [0.717, 1.165) is 0 Å². The fourth-order valence-electron chi connectivity index (χ4n) is 16.4. The number of aromatic hydroxyl groups is 1. The summed E-state index contributed by atoms with van der Waals surface area (Å²) in [4.78, 5) is 281. The lowest BCUT2D eigenvalue weighted by Crippen LogP contribution is -2.66. The lowest BCUT2D eigenvalue weighted by molar-refractivity contribution is -0.143. The van der Waals surface area contributed by atoms with Gasteiger partial charge < -0.3 is 84.9 Å². The van der Waals surface area contributed by atoms with E-state index < -0.39 is 234 Å². The van der Waals surface area contributed by atoms with Crippen LogP contribution in [-0.2, 0) is 115 Å². The summed E-state index contributed by atoms with van der Waals surface area (Å²) in [6.07, 6.45) is 3.47. The highest BCUT2D eigenvalue weighted by Crippen LogP contribution is 2.25. The first-order valence-electron chi connectivity index (χ1n) is 51.2. The lowest BCUT2D eigenvalue weighted by atomic mass is 9.88. The zero-order valence-electron chi connectivity index (χ0n) is 88.1. The van der Waals surface area contributed by atoms with Gasteiger partial charge in [0.2, 0.25) is 64.5 Å². The fraction of sp³-hybridized carbons (Fsp3) is 0.600. The van der Waals surface area contributed by atoms with E-state index >= 15 is 19.2 Å². The molecule has 1 aliphatic heterocycles. The van der Waals surface area contributed by atoms with Gasteiger partial charge in [-0.15, -0.1) is 0 Å². The number of Topliss-reactive ketones (excluding diaryl/α,β-unsaturated/α-hetero) is 12. The van der Waals surface area contributed by atoms with Crippen LogP contribution in [0.2, 0.25) is 0 Å². The van der Waals surface area contributed by atoms with Crippen LogP contribution >= 0.6 is 0 Å². The Bertz CT molecular complexity index is 5170. The number of fused-ring (bicyclic) bond motifs is 1. The van der Waals surface area contributed by atoms with Crippen molar-refractivity contribution >= 4 is 128 Å². The number of carbonyl (C=O) groups is 20. The average molecular weight is 2070 g/mol. The summed E-state index contributed by atoms with van der Waals surface area (Å²) in [6.45, 7) is 22.8. The average Bonchev–Trinajstić information content (AvgIpc) is 0.978. The van der Waals surface area contributed by atoms with Gasteiger partial charge in [0.15, 0.2) is 46.3 Å². The molecule has 25 N–H and O–H groups in total. The molecule has 2 heterocycles. The predicted octanol–water partition coefficient (Wildman–Crippen LogP) is 1.07. The first kappa shape index (κ1) is 126. The molecule has 0 bridgehead atoms. The number of para-hydroxylation sites is 1. The summed E-state index contributed by atoms with van der Waals surface area (Å²) >= 11 is 0. The summed E-state index contributed by atoms with van der Waals surface area (Å²) in [7, 11) is 0. The number of amides is 7. The highest BCUT2D eigenvalue weighted by Gasteiger charge is 2.44. The van der Waals surface area contributed by atoms with E-state index in [1.165, 1.54) is 65.8 Å². The molecule has 1 aliphatic rings. The molecule has 0 fully saturated rings. The molecular weight excluding hydrogens is 1910 g/mol. The second-order valence-electron chi connectivity index (χ2n) is 39.9. The molecule has 0 saturated heterocycles. The van der Waals surface area contributed by atoms with E-state index in [0.29, 0.717) is 66.1 Å². The highest BCUT2D eigenvalue weighted by molar-refractivity contribution is 6.42. The SMILES string of the molecule is CC(=O)N[C@@H](CC(C)C)C(=O)N[C@H](C(=O)C(=O)[C@H](Cc1ccccc1)NN[C@]1(C)CCCCCC/C=C/CCC[C@@](C)(C(=O)CN[C@@H](C)C(=O)CCN[C@@H](C)C(=O)CCN[C@@H](C)C(=O)CCN[C@@H](C)C(=O)CN[C@H](C)C(=O)N[C@H](C)C(N)=O)NC(=O)[C@H](CC(C)C)NN[C@@H](CCC(N)=O)C(=O)CN[C@@H](C)C(=O)CC(=O)[C@H](Cc2c[nH]c3ccccc23)NN[C@@H](Cc2ccc(O)cc2)C(=O)C(=O)[C@H](CCC(=O)O)NC1=O)[C@@H](C)O. The number of ketones is 12. The molecule has 0 spiro atoms. The minimum atomic E-state index is -1.95. The number of primary amides is 2. The minimum absolute atomic E-state index is 0.0380. The number of benzene rings is 3. The van der Waals surface area contributed by atoms with Gasteiger partial charge in [-0.05, 0) is 199 Å². The number of aliphatic hydroxyl groups is 1. The molecule has 0 radical (unpaired) electrons. The lowest BCUT2D eigenvalue weighted by Gasteiger charge is -2.34. The monoisotopic (exact) mass is 2070 g/mol. The van der Waals surface area contributed by atoms with Crippen LogP contribution in [0, 0.1) is 11.8 Å². The summed E-state index contributed by atoms with van der Waals surface area (Å²) in [5, 5.41) is 63.4. The molecule has 43 nitrogen and oxygen atoms in total. The fourth-order valence-corrected chi connectivity index (χ4v) is 16.4. The maximum absolute atomic E-state index is 15.6. The third-order valence-electron chi connectivity index (χ3n) is 26.1. The van der Waals surface area contributed by atoms with Crippen molar-refractivity contribution in [1.82, 2.24) is 96.0 Å². The molecule has 7 amide bonds. The van der Waals surface area contributed by atoms with Gasteiger partial charge in [-0.3, -0.25) is 101 Å². The number of hydrazine groups is 3. The summed E-state index contributed by atoms with van der Waals surface area (Å²) in [5.74, 6) is -15.6. The number of aliphatic carboxylic acids is 1. The van der Waals surface area contributed by atoms with Gasteiger partial charge in [-0.1, -0.05) is 120 Å². The third kappa shape index (κ3) is 44.8. The van der Waals surface area contributed by atoms with Crippen LogP contribution in [0.1, 0.15) is 243 Å². The molecule has 818 valence electrons. The number of allylic oxidation sites excluding steroid dienone is 2. The van der Waals surface area contributed by atoms with Crippen LogP contribution in [-0.4, -0.2) is 284 Å². The van der Waals surface area contributed by atoms with Crippen LogP contribution in [0.5, 0.6) is 5.75 Å². The third-order valence-corrected chi connectivity index (χ3v) is 26.1. The van der Waals surface area contributed by atoms with E-state index in [1.54, 1.807) is 109 Å². The van der Waals surface area contributed by atoms with Gasteiger partial charge in [0, 0.05) is 75.8 Å². The van der Waals surface area contributed by atoms with Crippen LogP contribution < -0.4 is 103 Å². The summed E-state index contributed by atoms with van der Waals surface area (Å²) in [6, 6.07) is 3.13. The molecule has 0 saturated carbocycles. The van der Waals surface area contributed by atoms with E-state index in [-0.39, 0.29) is 150 Å². The Morgan fingerprint density at radius 1 is 0.514 bits per heavy atom. The Balaban J connectivity index is 1.46. The molecule has 3 aromatic carbocycles. The number of carbonyl (C=O) groups excluding carboxylic acids is 19. The topological polar surface area (TPSA) is 674 Å². The number of aromatic amines is 1. The van der Waals surface area contributed by atoms with E-state index in [2.05, 4.69) is 96.0 Å². The Morgan fingerprint density at radius 3 is 1.66 bits per heavy atom. The van der Waals surface area contributed by atoms with Crippen molar-refractivity contribution in [1.29, 1.82) is 0 Å². The smallest absolute Gasteiger partial charge is 0.303 e. The number of phenols is 1. The molecule has 148 heavy (non-hydrogen) atoms. The van der Waals surface area contributed by atoms with E-state index in [1.807, 2.05) is 26.0 Å². The van der Waals surface area contributed by atoms with Crippen molar-refractivity contribution in [2.45, 2.75) is 353 Å². The summed E-state index contributed by atoms with van der Waals surface area (Å²) < 4.78 is 0. The van der Waals surface area contributed by atoms with Gasteiger partial charge in [-0.2, -0.15) is 0 Å². The zero-order chi connectivity index (χ0) is 110. The van der Waals surface area contributed by atoms with Gasteiger partial charge >= 0.3 is 5.97 Å². The van der Waals surface area contributed by atoms with E-state index in [4.69, 9.17) is 11.5 Å². The zero-order valence-corrected chi connectivity index (χ0v) is 88.1.